The average molecular weight is 273 g/mol. The van der Waals surface area contributed by atoms with Crippen molar-refractivity contribution in [1.82, 2.24) is 0 Å². The Morgan fingerprint density at radius 2 is 1.92 bits per heavy atom. The van der Waals surface area contributed by atoms with Crippen LogP contribution in [-0.2, 0) is 9.53 Å². The van der Waals surface area contributed by atoms with E-state index >= 15 is 0 Å². The number of ether oxygens (including phenoxy) is 1. The minimum absolute atomic E-state index is 0.191. The van der Waals surface area contributed by atoms with Crippen molar-refractivity contribution < 1.29 is 23.9 Å². The largest absolute Gasteiger partial charge is 0.496 e. The van der Waals surface area contributed by atoms with Crippen LogP contribution in [0.2, 0.25) is 6.04 Å². The maximum atomic E-state index is 11.1. The summed E-state index contributed by atoms with van der Waals surface area (Å²) in [6.07, 6.45) is 0. The van der Waals surface area contributed by atoms with E-state index < -0.39 is 19.1 Å². The molecule has 0 amide bonds. The van der Waals surface area contributed by atoms with Gasteiger partial charge < -0.3 is 19.1 Å². The van der Waals surface area contributed by atoms with Crippen LogP contribution >= 0.6 is 15.9 Å². The summed E-state index contributed by atoms with van der Waals surface area (Å²) in [6, 6.07) is -0.304. The van der Waals surface area contributed by atoms with Crippen molar-refractivity contribution in [1.29, 1.82) is 0 Å². The number of esters is 1. The second-order valence-corrected chi connectivity index (χ2v) is 7.16. The highest BCUT2D eigenvalue weighted by molar-refractivity contribution is 9.10. The fourth-order valence-electron chi connectivity index (χ4n) is 0.452. The van der Waals surface area contributed by atoms with Crippen molar-refractivity contribution in [3.8, 4) is 0 Å². The molecule has 3 N–H and O–H groups in total. The van der Waals surface area contributed by atoms with E-state index in [0.29, 0.717) is 0 Å². The lowest BCUT2D eigenvalue weighted by atomic mass is 10.2. The molecule has 0 saturated heterocycles. The maximum Gasteiger partial charge on any atom is 0.496 e. The van der Waals surface area contributed by atoms with E-state index in [2.05, 4.69) is 20.7 Å². The van der Waals surface area contributed by atoms with Gasteiger partial charge in [0.05, 0.1) is 12.7 Å². The van der Waals surface area contributed by atoms with E-state index in [9.17, 15) is 4.79 Å². The van der Waals surface area contributed by atoms with Gasteiger partial charge in [0, 0.05) is 0 Å². The molecule has 0 unspecified atom stereocenters. The molecule has 0 radical (unpaired) electrons. The first-order valence-corrected chi connectivity index (χ1v) is 6.50. The molecule has 0 bridgehead atoms. The summed E-state index contributed by atoms with van der Waals surface area (Å²) in [6.45, 7) is 3.03. The summed E-state index contributed by atoms with van der Waals surface area (Å²) in [4.78, 5) is 36.8. The van der Waals surface area contributed by atoms with Crippen LogP contribution in [0.15, 0.2) is 0 Å². The molecule has 7 heteroatoms. The predicted molar refractivity (Wildman–Crippen MR) is 51.2 cm³/mol. The molecule has 0 aliphatic carbocycles. The topological polar surface area (TPSA) is 87.0 Å². The zero-order valence-electron chi connectivity index (χ0n) is 7.45. The number of hydrogen-bond acceptors (Lipinski definition) is 5. The minimum Gasteiger partial charge on any atom is -0.465 e. The quantitative estimate of drug-likeness (QED) is 0.369. The van der Waals surface area contributed by atoms with Gasteiger partial charge in [-0.05, 0) is 13.8 Å². The fraction of sp³-hybridized carbons (Fsp3) is 0.833. The molecule has 0 aliphatic heterocycles. The summed E-state index contributed by atoms with van der Waals surface area (Å²) < 4.78 is 3.86. The van der Waals surface area contributed by atoms with Crippen molar-refractivity contribution in [2.45, 2.75) is 24.2 Å². The summed E-state index contributed by atoms with van der Waals surface area (Å²) in [5, 5.41) is 0. The standard InChI is InChI=1S/C6H13BrO5Si/c1-6(2,7)5(8)12-3-4-13(9,10)11/h9-11H,3-4H2,1-2H3. The lowest BCUT2D eigenvalue weighted by Gasteiger charge is -2.15. The van der Waals surface area contributed by atoms with E-state index in [1.807, 2.05) is 0 Å². The van der Waals surface area contributed by atoms with Gasteiger partial charge in [-0.3, -0.25) is 4.79 Å². The molecule has 0 aromatic heterocycles. The Kier molecular flexibility index (Phi) is 4.53. The summed E-state index contributed by atoms with van der Waals surface area (Å²) in [5.41, 5.74) is 0. The Hall–Kier alpha value is 0.0469. The van der Waals surface area contributed by atoms with Crippen LogP contribution in [0.1, 0.15) is 13.8 Å². The van der Waals surface area contributed by atoms with Gasteiger partial charge in [-0.2, -0.15) is 0 Å². The number of rotatable bonds is 4. The number of carbonyl (C=O) groups excluding carboxylic acids is 1. The van der Waals surface area contributed by atoms with E-state index in [1.165, 1.54) is 0 Å². The Bertz CT molecular complexity index is 182. The van der Waals surface area contributed by atoms with Crippen LogP contribution in [0.25, 0.3) is 0 Å². The molecular formula is C6H13BrO5Si. The molecule has 0 fully saturated rings. The van der Waals surface area contributed by atoms with Gasteiger partial charge in [0.1, 0.15) is 4.32 Å². The molecule has 78 valence electrons. The van der Waals surface area contributed by atoms with Gasteiger partial charge in [-0.15, -0.1) is 0 Å². The molecule has 0 aliphatic rings. The number of alkyl halides is 1. The minimum atomic E-state index is -4.08. The van der Waals surface area contributed by atoms with Crippen molar-refractivity contribution in [2.24, 2.45) is 0 Å². The lowest BCUT2D eigenvalue weighted by molar-refractivity contribution is -0.145. The van der Waals surface area contributed by atoms with Gasteiger partial charge in [0.25, 0.3) is 0 Å². The molecular weight excluding hydrogens is 260 g/mol. The van der Waals surface area contributed by atoms with Gasteiger partial charge in [-0.1, -0.05) is 15.9 Å². The Morgan fingerprint density at radius 3 is 2.23 bits per heavy atom. The highest BCUT2D eigenvalue weighted by Crippen LogP contribution is 2.17. The second-order valence-electron chi connectivity index (χ2n) is 3.13. The van der Waals surface area contributed by atoms with E-state index in [0.717, 1.165) is 0 Å². The zero-order valence-corrected chi connectivity index (χ0v) is 10.0. The molecule has 5 nitrogen and oxygen atoms in total. The van der Waals surface area contributed by atoms with Crippen molar-refractivity contribution in [3.63, 3.8) is 0 Å². The summed E-state index contributed by atoms with van der Waals surface area (Å²) >= 11 is 3.07. The van der Waals surface area contributed by atoms with Crippen LogP contribution in [0.3, 0.4) is 0 Å². The van der Waals surface area contributed by atoms with Gasteiger partial charge >= 0.3 is 14.8 Å². The van der Waals surface area contributed by atoms with Crippen molar-refractivity contribution in [3.05, 3.63) is 0 Å². The smallest absolute Gasteiger partial charge is 0.465 e. The van der Waals surface area contributed by atoms with Crippen LogP contribution in [0, 0.1) is 0 Å². The monoisotopic (exact) mass is 272 g/mol. The number of halogens is 1. The highest BCUT2D eigenvalue weighted by Gasteiger charge is 2.29. The summed E-state index contributed by atoms with van der Waals surface area (Å²) in [7, 11) is -4.08. The third kappa shape index (κ3) is 7.14. The fourth-order valence-corrected chi connectivity index (χ4v) is 0.943. The Balaban J connectivity index is 3.74. The van der Waals surface area contributed by atoms with Crippen LogP contribution in [0.4, 0.5) is 0 Å². The highest BCUT2D eigenvalue weighted by atomic mass is 79.9. The molecule has 0 saturated carbocycles. The Labute approximate surface area is 85.8 Å². The van der Waals surface area contributed by atoms with Crippen molar-refractivity contribution >= 4 is 30.7 Å². The Morgan fingerprint density at radius 1 is 1.46 bits per heavy atom. The molecule has 0 atom stereocenters. The number of carbonyl (C=O) groups is 1. The first kappa shape index (κ1) is 13.0. The first-order valence-electron chi connectivity index (χ1n) is 3.66. The van der Waals surface area contributed by atoms with Crippen LogP contribution in [-0.4, -0.2) is 40.1 Å². The molecule has 0 aromatic rings. The second kappa shape index (κ2) is 4.51. The molecule has 0 spiro atoms. The van der Waals surface area contributed by atoms with E-state index in [4.69, 9.17) is 14.4 Å². The lowest BCUT2D eigenvalue weighted by Crippen LogP contribution is -2.37. The van der Waals surface area contributed by atoms with Crippen LogP contribution in [0.5, 0.6) is 0 Å². The third-order valence-corrected chi connectivity index (χ3v) is 2.35. The zero-order chi connectivity index (χ0) is 10.7. The number of hydrogen-bond donors (Lipinski definition) is 3. The SMILES string of the molecule is CC(C)(Br)C(=O)OCC[Si](O)(O)O. The third-order valence-electron chi connectivity index (χ3n) is 1.16. The molecule has 0 rings (SSSR count). The first-order chi connectivity index (χ1) is 5.63. The van der Waals surface area contributed by atoms with Gasteiger partial charge in [-0.25, -0.2) is 0 Å². The van der Waals surface area contributed by atoms with Crippen LogP contribution < -0.4 is 0 Å². The predicted octanol–water partition coefficient (Wildman–Crippen LogP) is -0.381. The maximum absolute atomic E-state index is 11.1. The molecule has 0 aromatic carbocycles. The van der Waals surface area contributed by atoms with E-state index in [-0.39, 0.29) is 12.7 Å². The molecule has 13 heavy (non-hydrogen) atoms. The molecule has 0 heterocycles. The van der Waals surface area contributed by atoms with Gasteiger partial charge in [0.2, 0.25) is 0 Å². The normalized spacial score (nSPS) is 12.8. The average Bonchev–Trinajstić information content (AvgIpc) is 1.82. The van der Waals surface area contributed by atoms with Crippen molar-refractivity contribution in [2.75, 3.05) is 6.61 Å². The van der Waals surface area contributed by atoms with E-state index in [1.54, 1.807) is 13.8 Å². The van der Waals surface area contributed by atoms with Gasteiger partial charge in [0.15, 0.2) is 0 Å². The summed E-state index contributed by atoms with van der Waals surface area (Å²) in [5.74, 6) is -0.509.